The maximum Gasteiger partial charge on any atom is 0.165 e. The number of nitrogens with one attached hydrogen (secondary N) is 1. The first-order chi connectivity index (χ1) is 8.29. The van der Waals surface area contributed by atoms with E-state index in [1.54, 1.807) is 6.33 Å². The smallest absolute Gasteiger partial charge is 0.165 e. The number of nitrogen functional groups attached to an aromatic ring is 1. The van der Waals surface area contributed by atoms with Crippen LogP contribution in [0.3, 0.4) is 0 Å². The van der Waals surface area contributed by atoms with Crippen LogP contribution in [0.5, 0.6) is 0 Å². The summed E-state index contributed by atoms with van der Waals surface area (Å²) in [5.41, 5.74) is 9.48. The Morgan fingerprint density at radius 3 is 3.00 bits per heavy atom. The highest BCUT2D eigenvalue weighted by Crippen LogP contribution is 2.32. The van der Waals surface area contributed by atoms with Crippen LogP contribution in [0.4, 0.5) is 5.82 Å². The lowest BCUT2D eigenvalue weighted by molar-refractivity contribution is 0.126. The fraction of sp³-hybridized carbons (Fsp3) is 0.500. The Hall–Kier alpha value is -1.73. The van der Waals surface area contributed by atoms with Crippen LogP contribution in [0, 0.1) is 0 Å². The van der Waals surface area contributed by atoms with Gasteiger partial charge in [-0.05, 0) is 19.3 Å². The van der Waals surface area contributed by atoms with E-state index in [2.05, 4.69) is 20.4 Å². The van der Waals surface area contributed by atoms with E-state index < -0.39 is 0 Å². The van der Waals surface area contributed by atoms with Crippen LogP contribution in [0.25, 0.3) is 11.2 Å². The molecular formula is C10H14N6O. The zero-order chi connectivity index (χ0) is 11.8. The Morgan fingerprint density at radius 1 is 1.35 bits per heavy atom. The van der Waals surface area contributed by atoms with E-state index in [9.17, 15) is 0 Å². The van der Waals surface area contributed by atoms with Gasteiger partial charge in [0.05, 0.1) is 6.33 Å². The molecule has 90 valence electrons. The largest absolute Gasteiger partial charge is 0.382 e. The molecule has 2 atom stereocenters. The topological polar surface area (TPSA) is 102 Å². The third-order valence-corrected chi connectivity index (χ3v) is 3.37. The molecule has 0 bridgehead atoms. The first-order valence-electron chi connectivity index (χ1n) is 5.62. The van der Waals surface area contributed by atoms with Crippen LogP contribution in [0.15, 0.2) is 12.7 Å². The number of nitrogens with two attached hydrogens (primary N) is 1. The molecule has 0 amide bonds. The second kappa shape index (κ2) is 3.94. The monoisotopic (exact) mass is 234 g/mol. The van der Waals surface area contributed by atoms with Crippen LogP contribution < -0.4 is 11.2 Å². The van der Waals surface area contributed by atoms with E-state index in [0.29, 0.717) is 17.4 Å². The summed E-state index contributed by atoms with van der Waals surface area (Å²) in [5, 5.41) is 8.92. The zero-order valence-electron chi connectivity index (χ0n) is 9.24. The van der Waals surface area contributed by atoms with E-state index in [1.807, 2.05) is 4.57 Å². The first-order valence-corrected chi connectivity index (χ1v) is 5.62. The van der Waals surface area contributed by atoms with Crippen molar-refractivity contribution in [3.05, 3.63) is 12.7 Å². The summed E-state index contributed by atoms with van der Waals surface area (Å²) in [7, 11) is 0. The Morgan fingerprint density at radius 2 is 2.24 bits per heavy atom. The Bertz CT molecular complexity index is 539. The van der Waals surface area contributed by atoms with Gasteiger partial charge in [-0.15, -0.1) is 0 Å². The molecule has 1 saturated carbocycles. The second-order valence-electron chi connectivity index (χ2n) is 4.38. The van der Waals surface area contributed by atoms with Gasteiger partial charge >= 0.3 is 0 Å². The molecule has 3 rings (SSSR count). The lowest BCUT2D eigenvalue weighted by atomic mass is 10.2. The summed E-state index contributed by atoms with van der Waals surface area (Å²) < 4.78 is 2.02. The van der Waals surface area contributed by atoms with E-state index in [-0.39, 0.29) is 6.04 Å². The van der Waals surface area contributed by atoms with Gasteiger partial charge in [0.1, 0.15) is 11.8 Å². The predicted octanol–water partition coefficient (Wildman–Crippen LogP) is 0.481. The summed E-state index contributed by atoms with van der Waals surface area (Å²) in [4.78, 5) is 12.4. The van der Waals surface area contributed by atoms with Gasteiger partial charge in [-0.1, -0.05) is 0 Å². The van der Waals surface area contributed by atoms with Crippen LogP contribution in [0.1, 0.15) is 25.3 Å². The van der Waals surface area contributed by atoms with Crippen molar-refractivity contribution in [1.82, 2.24) is 25.0 Å². The average molecular weight is 234 g/mol. The van der Waals surface area contributed by atoms with E-state index in [4.69, 9.17) is 10.9 Å². The first kappa shape index (κ1) is 10.4. The third kappa shape index (κ3) is 1.63. The molecule has 1 aliphatic rings. The summed E-state index contributed by atoms with van der Waals surface area (Å²) in [6.07, 6.45) is 6.01. The van der Waals surface area contributed by atoms with Gasteiger partial charge in [-0.25, -0.2) is 20.4 Å². The second-order valence-corrected chi connectivity index (χ2v) is 4.38. The number of hydrogen-bond acceptors (Lipinski definition) is 6. The molecule has 4 N–H and O–H groups in total. The minimum Gasteiger partial charge on any atom is -0.382 e. The maximum absolute atomic E-state index is 8.92. The third-order valence-electron chi connectivity index (χ3n) is 3.37. The molecule has 7 heteroatoms. The molecule has 17 heavy (non-hydrogen) atoms. The van der Waals surface area contributed by atoms with E-state index in [1.165, 1.54) is 6.33 Å². The Balaban J connectivity index is 1.99. The molecule has 0 spiro atoms. The maximum atomic E-state index is 8.92. The highest BCUT2D eigenvalue weighted by atomic mass is 16.5. The lowest BCUT2D eigenvalue weighted by Gasteiger charge is -2.12. The minimum atomic E-state index is 0.150. The SMILES string of the molecule is Nc1ncnc2c1ncn2C1CCC(NO)C1. The molecule has 1 aliphatic carbocycles. The van der Waals surface area contributed by atoms with Crippen molar-refractivity contribution in [3.63, 3.8) is 0 Å². The number of hydrogen-bond donors (Lipinski definition) is 3. The number of aromatic nitrogens is 4. The zero-order valence-corrected chi connectivity index (χ0v) is 9.24. The van der Waals surface area contributed by atoms with Gasteiger partial charge in [-0.3, -0.25) is 0 Å². The van der Waals surface area contributed by atoms with Crippen molar-refractivity contribution >= 4 is 17.0 Å². The normalized spacial score (nSPS) is 24.5. The van der Waals surface area contributed by atoms with Gasteiger partial charge in [0.15, 0.2) is 11.5 Å². The van der Waals surface area contributed by atoms with Gasteiger partial charge in [0, 0.05) is 12.1 Å². The molecule has 0 aliphatic heterocycles. The van der Waals surface area contributed by atoms with Crippen LogP contribution in [0.2, 0.25) is 0 Å². The summed E-state index contributed by atoms with van der Waals surface area (Å²) in [6, 6.07) is 0.454. The molecule has 7 nitrogen and oxygen atoms in total. The number of nitrogens with zero attached hydrogens (tertiary/aromatic N) is 4. The van der Waals surface area contributed by atoms with E-state index in [0.717, 1.165) is 24.9 Å². The van der Waals surface area contributed by atoms with Crippen molar-refractivity contribution in [3.8, 4) is 0 Å². The highest BCUT2D eigenvalue weighted by molar-refractivity contribution is 5.81. The predicted molar refractivity (Wildman–Crippen MR) is 61.3 cm³/mol. The van der Waals surface area contributed by atoms with Crippen molar-refractivity contribution < 1.29 is 5.21 Å². The Labute approximate surface area is 97.6 Å². The fourth-order valence-corrected chi connectivity index (χ4v) is 2.46. The average Bonchev–Trinajstić information content (AvgIpc) is 2.94. The molecule has 2 unspecified atom stereocenters. The van der Waals surface area contributed by atoms with Gasteiger partial charge in [0.2, 0.25) is 0 Å². The van der Waals surface area contributed by atoms with Crippen molar-refractivity contribution in [1.29, 1.82) is 0 Å². The van der Waals surface area contributed by atoms with Crippen molar-refractivity contribution in [2.75, 3.05) is 5.73 Å². The number of anilines is 1. The van der Waals surface area contributed by atoms with Crippen molar-refractivity contribution in [2.24, 2.45) is 0 Å². The summed E-state index contributed by atoms with van der Waals surface area (Å²) in [6.45, 7) is 0. The number of hydroxylamine groups is 1. The molecule has 2 aromatic rings. The van der Waals surface area contributed by atoms with Gasteiger partial charge in [0.25, 0.3) is 0 Å². The fourth-order valence-electron chi connectivity index (χ4n) is 2.46. The Kier molecular flexibility index (Phi) is 2.41. The minimum absolute atomic E-state index is 0.150. The van der Waals surface area contributed by atoms with Crippen LogP contribution in [-0.2, 0) is 0 Å². The van der Waals surface area contributed by atoms with Crippen molar-refractivity contribution in [2.45, 2.75) is 31.3 Å². The number of fused-ring (bicyclic) bond motifs is 1. The molecule has 0 radical (unpaired) electrons. The number of rotatable bonds is 2. The molecule has 1 fully saturated rings. The molecule has 2 aromatic heterocycles. The molecular weight excluding hydrogens is 220 g/mol. The summed E-state index contributed by atoms with van der Waals surface area (Å²) in [5.74, 6) is 0.406. The van der Waals surface area contributed by atoms with Gasteiger partial charge in [-0.2, -0.15) is 0 Å². The molecule has 0 saturated heterocycles. The quantitative estimate of drug-likeness (QED) is 0.653. The standard InChI is InChI=1S/C10H14N6O/c11-9-8-10(13-4-12-9)16(5-14-8)7-2-1-6(3-7)15-17/h4-7,15,17H,1-3H2,(H2,11,12,13). The van der Waals surface area contributed by atoms with Gasteiger partial charge < -0.3 is 15.5 Å². The molecule has 2 heterocycles. The lowest BCUT2D eigenvalue weighted by Crippen LogP contribution is -2.22. The number of imidazole rings is 1. The van der Waals surface area contributed by atoms with Crippen LogP contribution >= 0.6 is 0 Å². The van der Waals surface area contributed by atoms with Crippen LogP contribution in [-0.4, -0.2) is 30.8 Å². The molecule has 0 aromatic carbocycles. The highest BCUT2D eigenvalue weighted by Gasteiger charge is 2.27. The summed E-state index contributed by atoms with van der Waals surface area (Å²) >= 11 is 0. The van der Waals surface area contributed by atoms with E-state index >= 15 is 0 Å².